The molecule has 0 spiro atoms. The number of benzene rings is 1. The molecule has 0 aliphatic heterocycles. The molecule has 1 aromatic heterocycles. The van der Waals surface area contributed by atoms with Gasteiger partial charge in [0.2, 0.25) is 0 Å². The molecule has 0 N–H and O–H groups in total. The quantitative estimate of drug-likeness (QED) is 0.741. The fraction of sp³-hybridized carbons (Fsp3) is 0.100. The van der Waals surface area contributed by atoms with Gasteiger partial charge in [0.1, 0.15) is 10.8 Å². The van der Waals surface area contributed by atoms with Crippen molar-refractivity contribution >= 4 is 23.1 Å². The molecular weight excluding hydrogens is 217 g/mol. The number of aromatic nitrogens is 1. The van der Waals surface area contributed by atoms with Crippen LogP contribution in [-0.4, -0.2) is 4.98 Å². The first kappa shape index (κ1) is 9.68. The number of thioether (sulfide) groups is 1. The molecule has 2 rings (SSSR count). The van der Waals surface area contributed by atoms with Crippen molar-refractivity contribution in [3.05, 3.63) is 46.7 Å². The van der Waals surface area contributed by atoms with E-state index in [1.165, 1.54) is 12.1 Å². The Labute approximate surface area is 90.0 Å². The van der Waals surface area contributed by atoms with Gasteiger partial charge < -0.3 is 0 Å². The maximum Gasteiger partial charge on any atom is 0.123 e. The molecule has 0 atom stereocenters. The summed E-state index contributed by atoms with van der Waals surface area (Å²) in [6, 6.07) is 6.52. The molecule has 0 aliphatic carbocycles. The van der Waals surface area contributed by atoms with Crippen molar-refractivity contribution < 1.29 is 4.39 Å². The second-order valence-electron chi connectivity index (χ2n) is 2.67. The van der Waals surface area contributed by atoms with Gasteiger partial charge in [-0.15, -0.1) is 23.1 Å². The third-order valence-corrected chi connectivity index (χ3v) is 3.65. The van der Waals surface area contributed by atoms with Crippen LogP contribution in [0, 0.1) is 5.82 Å². The first-order chi connectivity index (χ1) is 6.84. The van der Waals surface area contributed by atoms with Gasteiger partial charge in [-0.3, -0.25) is 0 Å². The lowest BCUT2D eigenvalue weighted by Gasteiger charge is -1.98. The average Bonchev–Trinajstić information content (AvgIpc) is 2.70. The minimum Gasteiger partial charge on any atom is -0.249 e. The molecule has 0 aliphatic rings. The highest BCUT2D eigenvalue weighted by molar-refractivity contribution is 7.98. The summed E-state index contributed by atoms with van der Waals surface area (Å²) in [6.45, 7) is 0. The summed E-state index contributed by atoms with van der Waals surface area (Å²) in [5, 5.41) is 3.06. The molecular formula is C10H8FNS2. The van der Waals surface area contributed by atoms with Gasteiger partial charge in [-0.25, -0.2) is 9.37 Å². The topological polar surface area (TPSA) is 12.9 Å². The van der Waals surface area contributed by atoms with E-state index in [0.717, 1.165) is 15.7 Å². The van der Waals surface area contributed by atoms with E-state index in [4.69, 9.17) is 0 Å². The summed E-state index contributed by atoms with van der Waals surface area (Å²) < 4.78 is 12.6. The van der Waals surface area contributed by atoms with Crippen LogP contribution in [0.2, 0.25) is 0 Å². The van der Waals surface area contributed by atoms with Crippen LogP contribution < -0.4 is 0 Å². The Balaban J connectivity index is 1.95. The Kier molecular flexibility index (Phi) is 3.16. The van der Waals surface area contributed by atoms with Gasteiger partial charge in [0.25, 0.3) is 0 Å². The summed E-state index contributed by atoms with van der Waals surface area (Å²) in [6.07, 6.45) is 1.80. The molecule has 1 nitrogen and oxygen atoms in total. The standard InChI is InChI=1S/C10H8FNS2/c11-8-1-3-9(4-2-8)14-7-10-12-5-6-13-10/h1-6H,7H2. The van der Waals surface area contributed by atoms with Gasteiger partial charge in [-0.05, 0) is 24.3 Å². The fourth-order valence-electron chi connectivity index (χ4n) is 1.00. The van der Waals surface area contributed by atoms with Crippen molar-refractivity contribution in [2.24, 2.45) is 0 Å². The van der Waals surface area contributed by atoms with Crippen LogP contribution in [0.4, 0.5) is 4.39 Å². The van der Waals surface area contributed by atoms with Crippen molar-refractivity contribution in [2.45, 2.75) is 10.6 Å². The van der Waals surface area contributed by atoms with E-state index >= 15 is 0 Å². The lowest BCUT2D eigenvalue weighted by atomic mass is 10.4. The molecule has 0 bridgehead atoms. The Hall–Kier alpha value is -0.870. The van der Waals surface area contributed by atoms with Crippen molar-refractivity contribution in [1.82, 2.24) is 4.98 Å². The monoisotopic (exact) mass is 225 g/mol. The number of rotatable bonds is 3. The smallest absolute Gasteiger partial charge is 0.123 e. The molecule has 1 heterocycles. The van der Waals surface area contributed by atoms with Crippen LogP contribution in [0.15, 0.2) is 40.7 Å². The van der Waals surface area contributed by atoms with Crippen LogP contribution in [0.3, 0.4) is 0 Å². The van der Waals surface area contributed by atoms with Gasteiger partial charge >= 0.3 is 0 Å². The summed E-state index contributed by atoms with van der Waals surface area (Å²) in [7, 11) is 0. The third kappa shape index (κ3) is 2.56. The first-order valence-corrected chi connectivity index (χ1v) is 5.98. The normalized spacial score (nSPS) is 10.4. The molecule has 0 amide bonds. The largest absolute Gasteiger partial charge is 0.249 e. The average molecular weight is 225 g/mol. The van der Waals surface area contributed by atoms with Crippen LogP contribution in [0.5, 0.6) is 0 Å². The zero-order valence-corrected chi connectivity index (χ0v) is 8.95. The van der Waals surface area contributed by atoms with Crippen molar-refractivity contribution in [1.29, 1.82) is 0 Å². The summed E-state index contributed by atoms with van der Waals surface area (Å²) in [5.41, 5.74) is 0. The second kappa shape index (κ2) is 4.57. The van der Waals surface area contributed by atoms with Crippen molar-refractivity contribution in [3.63, 3.8) is 0 Å². The third-order valence-electron chi connectivity index (χ3n) is 1.66. The first-order valence-electron chi connectivity index (χ1n) is 4.11. The second-order valence-corrected chi connectivity index (χ2v) is 4.70. The van der Waals surface area contributed by atoms with Gasteiger partial charge in [0.15, 0.2) is 0 Å². The summed E-state index contributed by atoms with van der Waals surface area (Å²) in [4.78, 5) is 5.24. The van der Waals surface area contributed by atoms with Crippen LogP contribution in [0.25, 0.3) is 0 Å². The zero-order valence-electron chi connectivity index (χ0n) is 7.31. The molecule has 1 aromatic carbocycles. The summed E-state index contributed by atoms with van der Waals surface area (Å²) in [5.74, 6) is 0.659. The van der Waals surface area contributed by atoms with Gasteiger partial charge in [0.05, 0.1) is 5.75 Å². The number of hydrogen-bond acceptors (Lipinski definition) is 3. The fourth-order valence-corrected chi connectivity index (χ4v) is 2.54. The number of halogens is 1. The van der Waals surface area contributed by atoms with Gasteiger partial charge in [-0.1, -0.05) is 0 Å². The van der Waals surface area contributed by atoms with Crippen LogP contribution >= 0.6 is 23.1 Å². The van der Waals surface area contributed by atoms with E-state index in [1.807, 2.05) is 5.38 Å². The minimum atomic E-state index is -0.191. The molecule has 72 valence electrons. The van der Waals surface area contributed by atoms with E-state index in [-0.39, 0.29) is 5.82 Å². The SMILES string of the molecule is Fc1ccc(SCc2nccs2)cc1. The van der Waals surface area contributed by atoms with Crippen molar-refractivity contribution in [3.8, 4) is 0 Å². The van der Waals surface area contributed by atoms with Crippen LogP contribution in [0.1, 0.15) is 5.01 Å². The van der Waals surface area contributed by atoms with E-state index in [9.17, 15) is 4.39 Å². The molecule has 0 saturated heterocycles. The molecule has 0 saturated carbocycles. The number of nitrogens with zero attached hydrogens (tertiary/aromatic N) is 1. The Morgan fingerprint density at radius 2 is 2.07 bits per heavy atom. The molecule has 0 fully saturated rings. The minimum absolute atomic E-state index is 0.191. The van der Waals surface area contributed by atoms with E-state index in [2.05, 4.69) is 4.98 Å². The molecule has 2 aromatic rings. The maximum absolute atomic E-state index is 12.6. The zero-order chi connectivity index (χ0) is 9.80. The summed E-state index contributed by atoms with van der Waals surface area (Å²) >= 11 is 3.31. The van der Waals surface area contributed by atoms with E-state index in [1.54, 1.807) is 41.4 Å². The number of hydrogen-bond donors (Lipinski definition) is 0. The molecule has 0 radical (unpaired) electrons. The van der Waals surface area contributed by atoms with E-state index in [0.29, 0.717) is 0 Å². The maximum atomic E-state index is 12.6. The highest BCUT2D eigenvalue weighted by atomic mass is 32.2. The van der Waals surface area contributed by atoms with Crippen molar-refractivity contribution in [2.75, 3.05) is 0 Å². The Bertz CT molecular complexity index is 383. The van der Waals surface area contributed by atoms with Crippen LogP contribution in [-0.2, 0) is 5.75 Å². The van der Waals surface area contributed by atoms with Gasteiger partial charge in [0, 0.05) is 16.5 Å². The van der Waals surface area contributed by atoms with Gasteiger partial charge in [-0.2, -0.15) is 0 Å². The Morgan fingerprint density at radius 3 is 2.71 bits per heavy atom. The Morgan fingerprint density at radius 1 is 1.29 bits per heavy atom. The highest BCUT2D eigenvalue weighted by Gasteiger charge is 1.98. The molecule has 4 heteroatoms. The lowest BCUT2D eigenvalue weighted by Crippen LogP contribution is -1.78. The predicted octanol–water partition coefficient (Wildman–Crippen LogP) is 3.57. The number of thiazole rings is 1. The van der Waals surface area contributed by atoms with E-state index < -0.39 is 0 Å². The lowest BCUT2D eigenvalue weighted by molar-refractivity contribution is 0.626. The molecule has 0 unspecified atom stereocenters. The molecule has 14 heavy (non-hydrogen) atoms. The predicted molar refractivity (Wildman–Crippen MR) is 58.1 cm³/mol. The highest BCUT2D eigenvalue weighted by Crippen LogP contribution is 2.23.